The van der Waals surface area contributed by atoms with Crippen LogP contribution in [0.4, 0.5) is 39.8 Å². The molecule has 0 unspecified atom stereocenters. The standard InChI is InChI=1S/C46H28N6OS/c1-47-33-24-18-30(19-25-33)44-48-45(31-20-26-34(27-21-31)51-36-10-2-6-14-40(36)53-41-15-7-3-11-37(41)51)50-46(49-44)32-22-28-35(29-23-32)52-38-12-4-8-16-42(38)54-43-17-9-5-13-39(43)52/h2-29H. The first-order valence-electron chi connectivity index (χ1n) is 17.5. The van der Waals surface area contributed by atoms with E-state index in [1.807, 2.05) is 60.7 Å². The van der Waals surface area contributed by atoms with Gasteiger partial charge in [0, 0.05) is 37.9 Å². The maximum absolute atomic E-state index is 7.42. The first-order valence-corrected chi connectivity index (χ1v) is 18.3. The number of anilines is 6. The van der Waals surface area contributed by atoms with Crippen molar-refractivity contribution < 1.29 is 4.74 Å². The van der Waals surface area contributed by atoms with Crippen LogP contribution in [0.1, 0.15) is 0 Å². The highest BCUT2D eigenvalue weighted by atomic mass is 32.2. The first-order chi connectivity index (χ1) is 26.7. The van der Waals surface area contributed by atoms with Crippen LogP contribution in [-0.4, -0.2) is 15.0 Å². The fourth-order valence-corrected chi connectivity index (χ4v) is 7.99. The second-order valence-corrected chi connectivity index (χ2v) is 13.9. The van der Waals surface area contributed by atoms with Crippen molar-refractivity contribution >= 4 is 51.6 Å². The number of ether oxygens (including phenoxy) is 1. The van der Waals surface area contributed by atoms with Crippen LogP contribution in [-0.2, 0) is 0 Å². The van der Waals surface area contributed by atoms with Gasteiger partial charge >= 0.3 is 0 Å². The van der Waals surface area contributed by atoms with Crippen molar-refractivity contribution in [1.82, 2.24) is 15.0 Å². The predicted molar refractivity (Wildman–Crippen MR) is 216 cm³/mol. The topological polar surface area (TPSA) is 58.7 Å². The molecular weight excluding hydrogens is 685 g/mol. The van der Waals surface area contributed by atoms with E-state index in [9.17, 15) is 0 Å². The largest absolute Gasteiger partial charge is 0.453 e. The van der Waals surface area contributed by atoms with Crippen LogP contribution < -0.4 is 14.5 Å². The van der Waals surface area contributed by atoms with Gasteiger partial charge in [0.2, 0.25) is 0 Å². The lowest BCUT2D eigenvalue weighted by Crippen LogP contribution is -2.15. The van der Waals surface area contributed by atoms with Gasteiger partial charge in [0.15, 0.2) is 34.7 Å². The van der Waals surface area contributed by atoms with E-state index in [1.54, 1.807) is 23.9 Å². The van der Waals surface area contributed by atoms with Gasteiger partial charge in [0.25, 0.3) is 0 Å². The van der Waals surface area contributed by atoms with E-state index in [0.29, 0.717) is 23.2 Å². The molecule has 2 aliphatic heterocycles. The fraction of sp³-hybridized carbons (Fsp3) is 0. The Morgan fingerprint density at radius 3 is 1.24 bits per heavy atom. The summed E-state index contributed by atoms with van der Waals surface area (Å²) in [6.45, 7) is 7.42. The van der Waals surface area contributed by atoms with E-state index >= 15 is 0 Å². The van der Waals surface area contributed by atoms with Crippen LogP contribution >= 0.6 is 11.8 Å². The van der Waals surface area contributed by atoms with E-state index in [0.717, 1.165) is 62.3 Å². The lowest BCUT2D eigenvalue weighted by atomic mass is 10.1. The lowest BCUT2D eigenvalue weighted by Gasteiger charge is -2.32. The summed E-state index contributed by atoms with van der Waals surface area (Å²) in [5.41, 5.74) is 9.35. The Morgan fingerprint density at radius 2 is 0.796 bits per heavy atom. The van der Waals surface area contributed by atoms with Gasteiger partial charge in [-0.2, -0.15) is 0 Å². The molecule has 10 rings (SSSR count). The Hall–Kier alpha value is -7.21. The number of nitrogens with zero attached hydrogens (tertiary/aromatic N) is 6. The molecule has 0 saturated heterocycles. The zero-order chi connectivity index (χ0) is 36.0. The SMILES string of the molecule is [C-]#[N+]c1ccc(-c2nc(-c3ccc(N4c5ccccc5Oc5ccccc54)cc3)nc(-c3ccc(N4c5ccccc5Sc5ccccc54)cc3)n2)cc1. The van der Waals surface area contributed by atoms with Crippen LogP contribution in [0.2, 0.25) is 0 Å². The normalized spacial score (nSPS) is 12.4. The van der Waals surface area contributed by atoms with Crippen LogP contribution in [0.5, 0.6) is 11.5 Å². The van der Waals surface area contributed by atoms with Crippen LogP contribution in [0.3, 0.4) is 0 Å². The molecular formula is C46H28N6OS. The van der Waals surface area contributed by atoms with Gasteiger partial charge in [-0.15, -0.1) is 0 Å². The van der Waals surface area contributed by atoms with Crippen molar-refractivity contribution in [1.29, 1.82) is 0 Å². The molecule has 0 saturated carbocycles. The number of fused-ring (bicyclic) bond motifs is 4. The molecule has 0 atom stereocenters. The lowest BCUT2D eigenvalue weighted by molar-refractivity contribution is 0.477. The molecule has 7 nitrogen and oxygen atoms in total. The van der Waals surface area contributed by atoms with Crippen molar-refractivity contribution in [2.45, 2.75) is 9.79 Å². The molecule has 2 aliphatic rings. The smallest absolute Gasteiger partial charge is 0.187 e. The van der Waals surface area contributed by atoms with Crippen molar-refractivity contribution in [2.24, 2.45) is 0 Å². The minimum Gasteiger partial charge on any atom is -0.453 e. The van der Waals surface area contributed by atoms with E-state index in [1.165, 1.54) is 9.79 Å². The average Bonchev–Trinajstić information content (AvgIpc) is 3.24. The number of aromatic nitrogens is 3. The van der Waals surface area contributed by atoms with Gasteiger partial charge in [-0.05, 0) is 97.1 Å². The van der Waals surface area contributed by atoms with Crippen LogP contribution in [0.25, 0.3) is 39.0 Å². The van der Waals surface area contributed by atoms with Gasteiger partial charge in [0.05, 0.1) is 29.3 Å². The third-order valence-corrected chi connectivity index (χ3v) is 10.7. The van der Waals surface area contributed by atoms with Crippen LogP contribution in [0.15, 0.2) is 180 Å². The summed E-state index contributed by atoms with van der Waals surface area (Å²) in [6.07, 6.45) is 0. The van der Waals surface area contributed by atoms with E-state index in [-0.39, 0.29) is 0 Å². The maximum atomic E-state index is 7.42. The number of rotatable bonds is 5. The Kier molecular flexibility index (Phi) is 7.64. The molecule has 0 bridgehead atoms. The van der Waals surface area contributed by atoms with Crippen molar-refractivity contribution in [3.63, 3.8) is 0 Å². The quantitative estimate of drug-likeness (QED) is 0.165. The third kappa shape index (κ3) is 5.52. The predicted octanol–water partition coefficient (Wildman–Crippen LogP) is 12.9. The summed E-state index contributed by atoms with van der Waals surface area (Å²) in [4.78, 5) is 25.5. The van der Waals surface area contributed by atoms with Crippen molar-refractivity contribution in [3.8, 4) is 45.7 Å². The molecule has 7 aromatic carbocycles. The Bertz CT molecular complexity index is 2490. The number of hydrogen-bond acceptors (Lipinski definition) is 7. The monoisotopic (exact) mass is 712 g/mol. The van der Waals surface area contributed by atoms with E-state index in [4.69, 9.17) is 26.3 Å². The Labute approximate surface area is 316 Å². The summed E-state index contributed by atoms with van der Waals surface area (Å²) in [5.74, 6) is 3.25. The Balaban J connectivity index is 1.04. The molecule has 0 spiro atoms. The van der Waals surface area contributed by atoms with Crippen molar-refractivity contribution in [2.75, 3.05) is 9.80 Å². The summed E-state index contributed by atoms with van der Waals surface area (Å²) >= 11 is 1.79. The summed E-state index contributed by atoms with van der Waals surface area (Å²) in [6, 6.07) is 57.1. The summed E-state index contributed by atoms with van der Waals surface area (Å²) < 4.78 is 6.23. The molecule has 8 aromatic rings. The number of para-hydroxylation sites is 6. The highest BCUT2D eigenvalue weighted by Crippen LogP contribution is 2.52. The molecule has 0 aliphatic carbocycles. The van der Waals surface area contributed by atoms with Gasteiger partial charge in [0.1, 0.15) is 0 Å². The maximum Gasteiger partial charge on any atom is 0.187 e. The number of hydrogen-bond donors (Lipinski definition) is 0. The summed E-state index contributed by atoms with van der Waals surface area (Å²) in [7, 11) is 0. The van der Waals surface area contributed by atoms with Gasteiger partial charge in [-0.25, -0.2) is 19.8 Å². The first kappa shape index (κ1) is 31.5. The highest BCUT2D eigenvalue weighted by Gasteiger charge is 2.26. The summed E-state index contributed by atoms with van der Waals surface area (Å²) in [5, 5.41) is 0. The molecule has 8 heteroatoms. The molecule has 0 radical (unpaired) electrons. The average molecular weight is 713 g/mol. The zero-order valence-electron chi connectivity index (χ0n) is 28.7. The van der Waals surface area contributed by atoms with Gasteiger partial charge in [-0.1, -0.05) is 84.6 Å². The molecule has 3 heterocycles. The van der Waals surface area contributed by atoms with E-state index in [2.05, 4.69) is 112 Å². The van der Waals surface area contributed by atoms with Crippen LogP contribution in [0, 0.1) is 6.57 Å². The molecule has 254 valence electrons. The second-order valence-electron chi connectivity index (χ2n) is 12.8. The van der Waals surface area contributed by atoms with Gasteiger partial charge in [-0.3, -0.25) is 0 Å². The zero-order valence-corrected chi connectivity index (χ0v) is 29.5. The molecule has 54 heavy (non-hydrogen) atoms. The molecule has 0 N–H and O–H groups in total. The molecule has 1 aromatic heterocycles. The number of benzene rings is 7. The fourth-order valence-electron chi connectivity index (χ4n) is 6.93. The Morgan fingerprint density at radius 1 is 0.426 bits per heavy atom. The van der Waals surface area contributed by atoms with E-state index < -0.39 is 0 Å². The minimum atomic E-state index is 0.534. The highest BCUT2D eigenvalue weighted by molar-refractivity contribution is 7.99. The molecule has 0 amide bonds. The second kappa shape index (κ2) is 13.1. The molecule has 0 fully saturated rings. The third-order valence-electron chi connectivity index (χ3n) is 9.52. The van der Waals surface area contributed by atoms with Gasteiger partial charge < -0.3 is 14.5 Å². The van der Waals surface area contributed by atoms with Crippen molar-refractivity contribution in [3.05, 3.63) is 181 Å². The minimum absolute atomic E-state index is 0.534.